The van der Waals surface area contributed by atoms with Crippen molar-refractivity contribution in [1.29, 1.82) is 0 Å². The summed E-state index contributed by atoms with van der Waals surface area (Å²) in [5.41, 5.74) is 1.73. The summed E-state index contributed by atoms with van der Waals surface area (Å²) in [6, 6.07) is 4.69. The van der Waals surface area contributed by atoms with Crippen molar-refractivity contribution in [2.75, 3.05) is 27.2 Å². The summed E-state index contributed by atoms with van der Waals surface area (Å²) in [4.78, 5) is 67.2. The molecule has 59 heavy (non-hydrogen) atoms. The molecule has 0 bridgehead atoms. The monoisotopic (exact) mass is 822 g/mol. The summed E-state index contributed by atoms with van der Waals surface area (Å²) in [5.74, 6) is -2.17. The number of rotatable bonds is 15. The maximum absolute atomic E-state index is 15.4. The average Bonchev–Trinajstić information content (AvgIpc) is 3.98. The van der Waals surface area contributed by atoms with E-state index in [0.717, 1.165) is 6.42 Å². The van der Waals surface area contributed by atoms with Crippen LogP contribution in [-0.4, -0.2) is 122 Å². The number of alkyl halides is 1. The van der Waals surface area contributed by atoms with E-state index in [1.165, 1.54) is 29.2 Å². The van der Waals surface area contributed by atoms with Crippen LogP contribution >= 0.6 is 0 Å². The van der Waals surface area contributed by atoms with Gasteiger partial charge in [-0.1, -0.05) is 27.7 Å². The molecule has 0 spiro atoms. The van der Waals surface area contributed by atoms with Crippen LogP contribution in [0.2, 0.25) is 0 Å². The van der Waals surface area contributed by atoms with Gasteiger partial charge in [-0.3, -0.25) is 19.2 Å². The molecule has 0 saturated carbocycles. The van der Waals surface area contributed by atoms with Crippen molar-refractivity contribution in [2.24, 2.45) is 11.8 Å². The number of fused-ring (bicyclic) bond motifs is 2. The molecule has 4 heterocycles. The molecule has 2 aromatic heterocycles. The van der Waals surface area contributed by atoms with Gasteiger partial charge in [0.1, 0.15) is 29.9 Å². The lowest BCUT2D eigenvalue weighted by atomic mass is 10.0. The van der Waals surface area contributed by atoms with Gasteiger partial charge >= 0.3 is 0 Å². The Balaban J connectivity index is 1.40. The van der Waals surface area contributed by atoms with Gasteiger partial charge in [0.05, 0.1) is 46.7 Å². The van der Waals surface area contributed by atoms with Crippen molar-refractivity contribution in [2.45, 2.75) is 116 Å². The van der Waals surface area contributed by atoms with Gasteiger partial charge in [-0.05, 0) is 76.9 Å². The highest BCUT2D eigenvalue weighted by Gasteiger charge is 2.41. The minimum Gasteiger partial charge on any atom is -0.343 e. The Labute approximate surface area is 342 Å². The molecule has 0 radical (unpaired) electrons. The summed E-state index contributed by atoms with van der Waals surface area (Å²) in [6.07, 6.45) is 0.0487. The number of imidazole rings is 2. The smallest absolute Gasteiger partial charge is 0.245 e. The predicted octanol–water partition coefficient (Wildman–Crippen LogP) is 3.76. The van der Waals surface area contributed by atoms with E-state index in [1.807, 2.05) is 32.3 Å². The van der Waals surface area contributed by atoms with Crippen LogP contribution in [0.3, 0.4) is 0 Å². The number of halogens is 3. The lowest BCUT2D eigenvalue weighted by molar-refractivity contribution is -0.139. The molecule has 2 aliphatic rings. The summed E-state index contributed by atoms with van der Waals surface area (Å²) in [7, 11) is 3.32. The molecule has 4 aromatic rings. The number of likely N-dealkylation sites (tertiary alicyclic amines) is 2. The second-order valence-electron chi connectivity index (χ2n) is 16.6. The van der Waals surface area contributed by atoms with Crippen LogP contribution < -0.4 is 21.3 Å². The fourth-order valence-corrected chi connectivity index (χ4v) is 8.16. The van der Waals surface area contributed by atoms with Gasteiger partial charge in [0, 0.05) is 44.2 Å². The molecule has 320 valence electrons. The zero-order chi connectivity index (χ0) is 42.9. The summed E-state index contributed by atoms with van der Waals surface area (Å²) in [5, 5.41) is 11.6. The average molecular weight is 823 g/mol. The van der Waals surface area contributed by atoms with Gasteiger partial charge in [0.25, 0.3) is 0 Å². The van der Waals surface area contributed by atoms with Crippen molar-refractivity contribution in [3.63, 3.8) is 0 Å². The molecule has 4 N–H and O–H groups in total. The van der Waals surface area contributed by atoms with Gasteiger partial charge in [0.2, 0.25) is 23.6 Å². The first-order chi connectivity index (χ1) is 28.0. The number of amides is 4. The number of nitrogens with one attached hydrogen (secondary N) is 4. The number of benzene rings is 2. The molecule has 4 amide bonds. The Bertz CT molecular complexity index is 2190. The maximum atomic E-state index is 15.4. The van der Waals surface area contributed by atoms with Gasteiger partial charge < -0.3 is 40.2 Å². The van der Waals surface area contributed by atoms with Gasteiger partial charge in [0.15, 0.2) is 11.6 Å². The number of hydrogen-bond acceptors (Lipinski definition) is 8. The molecule has 6 rings (SSSR count). The van der Waals surface area contributed by atoms with Gasteiger partial charge in [-0.25, -0.2) is 23.1 Å². The molecule has 2 fully saturated rings. The zero-order valence-corrected chi connectivity index (χ0v) is 35.1. The number of likely N-dealkylation sites (N-methyl/N-ethyl adjacent to an activating group) is 2. The molecule has 2 aliphatic heterocycles. The first-order valence-corrected chi connectivity index (χ1v) is 20.5. The van der Waals surface area contributed by atoms with Crippen LogP contribution in [0.4, 0.5) is 13.2 Å². The van der Waals surface area contributed by atoms with Crippen LogP contribution in [0.25, 0.3) is 33.7 Å². The third kappa shape index (κ3) is 9.10. The molecular weight excluding hydrogens is 766 g/mol. The second-order valence-corrected chi connectivity index (χ2v) is 16.6. The Morgan fingerprint density at radius 3 is 1.63 bits per heavy atom. The quantitative estimate of drug-likeness (QED) is 0.141. The molecule has 2 saturated heterocycles. The van der Waals surface area contributed by atoms with Crippen molar-refractivity contribution >= 4 is 45.7 Å². The number of nitrogens with zero attached hydrogens (tertiary/aromatic N) is 6. The van der Waals surface area contributed by atoms with Crippen molar-refractivity contribution in [3.8, 4) is 11.6 Å². The second kappa shape index (κ2) is 18.1. The minimum atomic E-state index is -1.33. The largest absolute Gasteiger partial charge is 0.343 e. The van der Waals surface area contributed by atoms with Crippen LogP contribution in [0.15, 0.2) is 36.4 Å². The summed E-state index contributed by atoms with van der Waals surface area (Å²) in [6.45, 7) is 11.4. The Morgan fingerprint density at radius 1 is 0.712 bits per heavy atom. The molecule has 1 unspecified atom stereocenters. The minimum absolute atomic E-state index is 0.0130. The normalized spacial score (nSPS) is 20.5. The lowest BCUT2D eigenvalue weighted by Crippen LogP contribution is -2.55. The van der Waals surface area contributed by atoms with Crippen molar-refractivity contribution in [3.05, 3.63) is 48.0 Å². The van der Waals surface area contributed by atoms with Crippen LogP contribution in [0.5, 0.6) is 0 Å². The molecule has 0 aliphatic carbocycles. The van der Waals surface area contributed by atoms with E-state index in [1.54, 1.807) is 49.5 Å². The maximum Gasteiger partial charge on any atom is 0.245 e. The Morgan fingerprint density at radius 2 is 1.17 bits per heavy atom. The van der Waals surface area contributed by atoms with Crippen LogP contribution in [0, 0.1) is 23.5 Å². The summed E-state index contributed by atoms with van der Waals surface area (Å²) < 4.78 is 48.7. The van der Waals surface area contributed by atoms with E-state index >= 15 is 4.39 Å². The van der Waals surface area contributed by atoms with Crippen LogP contribution in [0.1, 0.15) is 60.8 Å². The molecule has 14 nitrogen and oxygen atoms in total. The first kappa shape index (κ1) is 43.5. The third-order valence-corrected chi connectivity index (χ3v) is 11.8. The molecule has 2 aromatic carbocycles. The highest BCUT2D eigenvalue weighted by atomic mass is 19.1. The standard InChI is InChI=1S/C42H57F3N10O4/c1-22(2)35(50-39(56)24(5)46-7)41(58)52-15-9-10-29(52)20-54-33-13-11-26(43)17-31(33)48-37(54)38-49-32-18-27(44)12-14-34(32)55(38)21-30-16-28(45)19-53(30)42(59)36(23(3)4)51-40(57)25(6)47-8/h11-14,17-18,22-25,28-30,35-36,46-47H,9-10,15-16,19-21H2,1-8H3,(H,50,56)(H,51,57)/t24-,25-,28?,29+,30+,35-,36-/m1/s1. The highest BCUT2D eigenvalue weighted by molar-refractivity contribution is 5.91. The fraction of sp³-hybridized carbons (Fsp3) is 0.571. The predicted molar refractivity (Wildman–Crippen MR) is 219 cm³/mol. The molecular formula is C42H57F3N10O4. The van der Waals surface area contributed by atoms with E-state index < -0.39 is 53.9 Å². The highest BCUT2D eigenvalue weighted by Crippen LogP contribution is 2.33. The van der Waals surface area contributed by atoms with E-state index in [-0.39, 0.29) is 67.5 Å². The number of aromatic nitrogens is 4. The van der Waals surface area contributed by atoms with Crippen molar-refractivity contribution in [1.82, 2.24) is 50.2 Å². The topological polar surface area (TPSA) is 159 Å². The zero-order valence-electron chi connectivity index (χ0n) is 35.1. The lowest BCUT2D eigenvalue weighted by Gasteiger charge is -2.32. The third-order valence-electron chi connectivity index (χ3n) is 11.8. The van der Waals surface area contributed by atoms with Crippen molar-refractivity contribution < 1.29 is 32.3 Å². The summed E-state index contributed by atoms with van der Waals surface area (Å²) >= 11 is 0. The SMILES string of the molecule is CN[C@H](C)C(=O)N[C@@H](C(=O)N1CCC[C@H]1Cn1c(-c2nc3cc(F)ccc3n2C[C@@H]2CC(F)CN2C(=O)[C@H](NC(=O)[C@@H](C)NC)C(C)C)nc2cc(F)ccc21)C(C)C. The van der Waals surface area contributed by atoms with E-state index in [2.05, 4.69) is 21.3 Å². The van der Waals surface area contributed by atoms with E-state index in [4.69, 9.17) is 9.97 Å². The molecule has 7 atom stereocenters. The Hall–Kier alpha value is -5.03. The number of hydrogen-bond donors (Lipinski definition) is 4. The van der Waals surface area contributed by atoms with Crippen LogP contribution in [-0.2, 0) is 32.3 Å². The number of carbonyl (C=O) groups excluding carboxylic acids is 4. The number of carbonyl (C=O) groups is 4. The fourth-order valence-electron chi connectivity index (χ4n) is 8.16. The first-order valence-electron chi connectivity index (χ1n) is 20.5. The van der Waals surface area contributed by atoms with E-state index in [9.17, 15) is 28.0 Å². The van der Waals surface area contributed by atoms with Gasteiger partial charge in [-0.15, -0.1) is 0 Å². The molecule has 17 heteroatoms. The Kier molecular flexibility index (Phi) is 13.3. The van der Waals surface area contributed by atoms with Gasteiger partial charge in [-0.2, -0.15) is 0 Å². The van der Waals surface area contributed by atoms with E-state index in [0.29, 0.717) is 40.9 Å².